The van der Waals surface area contributed by atoms with Gasteiger partial charge in [-0.25, -0.2) is 14.3 Å². The second-order valence-electron chi connectivity index (χ2n) is 4.23. The summed E-state index contributed by atoms with van der Waals surface area (Å²) in [5, 5.41) is 6.42. The van der Waals surface area contributed by atoms with Crippen LogP contribution < -0.4 is 11.3 Å². The molecule has 0 radical (unpaired) electrons. The summed E-state index contributed by atoms with van der Waals surface area (Å²) in [6.07, 6.45) is 0. The van der Waals surface area contributed by atoms with Gasteiger partial charge in [-0.05, 0) is 13.0 Å². The van der Waals surface area contributed by atoms with Crippen LogP contribution in [0.5, 0.6) is 0 Å². The van der Waals surface area contributed by atoms with E-state index in [0.29, 0.717) is 11.1 Å². The van der Waals surface area contributed by atoms with Gasteiger partial charge in [0.1, 0.15) is 5.82 Å². The van der Waals surface area contributed by atoms with Crippen LogP contribution in [-0.2, 0) is 0 Å². The second kappa shape index (κ2) is 4.68. The zero-order valence-electron chi connectivity index (χ0n) is 10.5. The number of nitrogens with zero attached hydrogens (tertiary/aromatic N) is 2. The summed E-state index contributed by atoms with van der Waals surface area (Å²) in [6.45, 7) is 1.69. The number of primary amides is 1. The average Bonchev–Trinajstić information content (AvgIpc) is 2.37. The van der Waals surface area contributed by atoms with Crippen molar-refractivity contribution in [2.24, 2.45) is 5.73 Å². The summed E-state index contributed by atoms with van der Waals surface area (Å²) >= 11 is 0. The van der Waals surface area contributed by atoms with Gasteiger partial charge in [0.15, 0.2) is 0 Å². The average molecular weight is 264 g/mol. The van der Waals surface area contributed by atoms with E-state index in [1.54, 1.807) is 13.0 Å². The predicted octanol–water partition coefficient (Wildman–Crippen LogP) is 1.13. The van der Waals surface area contributed by atoms with E-state index in [9.17, 15) is 14.0 Å². The molecule has 19 heavy (non-hydrogen) atoms. The summed E-state index contributed by atoms with van der Waals surface area (Å²) in [5.74, 6) is -0.628. The molecule has 7 heteroatoms. The summed E-state index contributed by atoms with van der Waals surface area (Å²) in [5.41, 5.74) is 4.97. The summed E-state index contributed by atoms with van der Waals surface area (Å²) in [7, 11) is 1.50. The monoisotopic (exact) mass is 264 g/mol. The molecule has 0 aliphatic heterocycles. The number of H-pyrrole nitrogens is 1. The summed E-state index contributed by atoms with van der Waals surface area (Å²) in [4.78, 5) is 24.0. The molecule has 3 N–H and O–H groups in total. The zero-order valence-corrected chi connectivity index (χ0v) is 10.5. The van der Waals surface area contributed by atoms with Crippen LogP contribution in [0.1, 0.15) is 18.7 Å². The number of hydrogen-bond donors (Lipinski definition) is 2. The van der Waals surface area contributed by atoms with Crippen molar-refractivity contribution in [3.05, 3.63) is 40.1 Å². The minimum absolute atomic E-state index is 0.0720. The fraction of sp³-hybridized carbons (Fsp3) is 0.250. The van der Waals surface area contributed by atoms with Gasteiger partial charge in [-0.15, -0.1) is 0 Å². The molecule has 2 rings (SSSR count). The van der Waals surface area contributed by atoms with Crippen LogP contribution in [0.4, 0.5) is 9.18 Å². The fourth-order valence-corrected chi connectivity index (χ4v) is 1.89. The zero-order chi connectivity index (χ0) is 14.2. The number of aromatic nitrogens is 2. The van der Waals surface area contributed by atoms with E-state index >= 15 is 0 Å². The van der Waals surface area contributed by atoms with Gasteiger partial charge < -0.3 is 10.6 Å². The first-order valence-corrected chi connectivity index (χ1v) is 5.62. The normalized spacial score (nSPS) is 12.4. The number of benzene rings is 1. The number of carbonyl (C=O) groups excluding carboxylic acids is 1. The molecule has 0 fully saturated rings. The molecule has 6 nitrogen and oxygen atoms in total. The van der Waals surface area contributed by atoms with Gasteiger partial charge in [-0.1, -0.05) is 12.1 Å². The van der Waals surface area contributed by atoms with E-state index in [1.807, 2.05) is 0 Å². The molecule has 2 aromatic rings. The van der Waals surface area contributed by atoms with Gasteiger partial charge in [-0.3, -0.25) is 4.79 Å². The Morgan fingerprint density at radius 1 is 1.53 bits per heavy atom. The lowest BCUT2D eigenvalue weighted by Gasteiger charge is -2.23. The van der Waals surface area contributed by atoms with E-state index in [4.69, 9.17) is 5.73 Å². The minimum atomic E-state index is -0.634. The Labute approximate surface area is 108 Å². The van der Waals surface area contributed by atoms with Crippen LogP contribution in [0.2, 0.25) is 0 Å². The van der Waals surface area contributed by atoms with E-state index in [1.165, 1.54) is 24.1 Å². The van der Waals surface area contributed by atoms with Crippen molar-refractivity contribution in [3.63, 3.8) is 0 Å². The standard InChI is InChI=1S/C12H13FN4O2/c1-6(17(2)12(14)19)10-7-4-3-5-8(13)9(7)11(18)16-15-10/h3-6H,1-2H3,(H2,14,19)(H,16,18). The predicted molar refractivity (Wildman–Crippen MR) is 68.1 cm³/mol. The quantitative estimate of drug-likeness (QED) is 0.851. The number of rotatable bonds is 2. The third kappa shape index (κ3) is 2.14. The van der Waals surface area contributed by atoms with E-state index in [0.717, 1.165) is 0 Å². The molecule has 0 aliphatic rings. The third-order valence-corrected chi connectivity index (χ3v) is 3.12. The minimum Gasteiger partial charge on any atom is -0.351 e. The van der Waals surface area contributed by atoms with Crippen molar-refractivity contribution < 1.29 is 9.18 Å². The molecular weight excluding hydrogens is 251 g/mol. The highest BCUT2D eigenvalue weighted by atomic mass is 19.1. The van der Waals surface area contributed by atoms with Crippen LogP contribution >= 0.6 is 0 Å². The Kier molecular flexibility index (Phi) is 3.20. The maximum atomic E-state index is 13.7. The molecule has 1 unspecified atom stereocenters. The van der Waals surface area contributed by atoms with Gasteiger partial charge in [0.2, 0.25) is 0 Å². The number of amides is 2. The Morgan fingerprint density at radius 2 is 2.21 bits per heavy atom. The van der Waals surface area contributed by atoms with Crippen molar-refractivity contribution in [1.29, 1.82) is 0 Å². The molecule has 1 atom stereocenters. The van der Waals surface area contributed by atoms with E-state index in [2.05, 4.69) is 10.2 Å². The number of halogens is 1. The smallest absolute Gasteiger partial charge is 0.315 e. The van der Waals surface area contributed by atoms with Crippen LogP contribution in [-0.4, -0.2) is 28.2 Å². The molecule has 1 aromatic heterocycles. The topological polar surface area (TPSA) is 92.1 Å². The number of hydrogen-bond acceptors (Lipinski definition) is 3. The number of aromatic amines is 1. The lowest BCUT2D eigenvalue weighted by atomic mass is 10.1. The Hall–Kier alpha value is -2.44. The highest BCUT2D eigenvalue weighted by molar-refractivity contribution is 5.85. The Morgan fingerprint density at radius 3 is 2.84 bits per heavy atom. The van der Waals surface area contributed by atoms with E-state index in [-0.39, 0.29) is 5.39 Å². The molecule has 0 saturated carbocycles. The maximum Gasteiger partial charge on any atom is 0.315 e. The first kappa shape index (κ1) is 13.0. The molecule has 0 bridgehead atoms. The van der Waals surface area contributed by atoms with Crippen LogP contribution in [0.15, 0.2) is 23.0 Å². The van der Waals surface area contributed by atoms with Gasteiger partial charge in [0.25, 0.3) is 5.56 Å². The Balaban J connectivity index is 2.69. The highest BCUT2D eigenvalue weighted by Crippen LogP contribution is 2.24. The number of carbonyl (C=O) groups is 1. The summed E-state index contributed by atoms with van der Waals surface area (Å²) in [6, 6.07) is 3.15. The van der Waals surface area contributed by atoms with Gasteiger partial charge in [0, 0.05) is 12.4 Å². The van der Waals surface area contributed by atoms with Crippen LogP contribution in [0.3, 0.4) is 0 Å². The number of fused-ring (bicyclic) bond motifs is 1. The van der Waals surface area contributed by atoms with Gasteiger partial charge in [-0.2, -0.15) is 5.10 Å². The van der Waals surface area contributed by atoms with Crippen LogP contribution in [0, 0.1) is 5.82 Å². The third-order valence-electron chi connectivity index (χ3n) is 3.12. The first-order chi connectivity index (χ1) is 8.93. The van der Waals surface area contributed by atoms with Gasteiger partial charge in [0.05, 0.1) is 17.1 Å². The molecule has 0 spiro atoms. The van der Waals surface area contributed by atoms with Crippen molar-refractivity contribution in [2.75, 3.05) is 7.05 Å². The largest absolute Gasteiger partial charge is 0.351 e. The molecule has 2 amide bonds. The Bertz CT molecular complexity index is 698. The molecule has 1 aromatic carbocycles. The second-order valence-corrected chi connectivity index (χ2v) is 4.23. The molecule has 1 heterocycles. The lowest BCUT2D eigenvalue weighted by Crippen LogP contribution is -2.35. The number of nitrogens with two attached hydrogens (primary N) is 1. The van der Waals surface area contributed by atoms with E-state index < -0.39 is 23.4 Å². The van der Waals surface area contributed by atoms with Crippen molar-refractivity contribution in [2.45, 2.75) is 13.0 Å². The number of nitrogens with one attached hydrogen (secondary N) is 1. The van der Waals surface area contributed by atoms with Gasteiger partial charge >= 0.3 is 6.03 Å². The molecular formula is C12H13FN4O2. The van der Waals surface area contributed by atoms with Crippen LogP contribution in [0.25, 0.3) is 10.8 Å². The number of urea groups is 1. The first-order valence-electron chi connectivity index (χ1n) is 5.62. The van der Waals surface area contributed by atoms with Crippen molar-refractivity contribution >= 4 is 16.8 Å². The molecule has 100 valence electrons. The molecule has 0 saturated heterocycles. The fourth-order valence-electron chi connectivity index (χ4n) is 1.89. The SMILES string of the molecule is CC(c1n[nH]c(=O)c2c(F)cccc12)N(C)C(N)=O. The highest BCUT2D eigenvalue weighted by Gasteiger charge is 2.20. The summed E-state index contributed by atoms with van der Waals surface area (Å²) < 4.78 is 13.7. The maximum absolute atomic E-state index is 13.7. The van der Waals surface area contributed by atoms with Crippen molar-refractivity contribution in [1.82, 2.24) is 15.1 Å². The van der Waals surface area contributed by atoms with Crippen molar-refractivity contribution in [3.8, 4) is 0 Å². The molecule has 0 aliphatic carbocycles. The lowest BCUT2D eigenvalue weighted by molar-refractivity contribution is 0.203.